The van der Waals surface area contributed by atoms with Crippen LogP contribution in [0.5, 0.6) is 5.75 Å². The zero-order valence-electron chi connectivity index (χ0n) is 10.6. The highest BCUT2D eigenvalue weighted by atomic mass is 16.5. The van der Waals surface area contributed by atoms with Crippen molar-refractivity contribution < 1.29 is 19.4 Å². The summed E-state index contributed by atoms with van der Waals surface area (Å²) in [6.45, 7) is 1.70. The highest BCUT2D eigenvalue weighted by Gasteiger charge is 2.23. The van der Waals surface area contributed by atoms with Gasteiger partial charge in [-0.1, -0.05) is 12.1 Å². The number of aryl methyl sites for hydroxylation is 1. The summed E-state index contributed by atoms with van der Waals surface area (Å²) in [4.78, 5) is 21.8. The van der Waals surface area contributed by atoms with E-state index in [0.29, 0.717) is 24.3 Å². The third kappa shape index (κ3) is 3.34. The number of benzene rings is 1. The van der Waals surface area contributed by atoms with Crippen molar-refractivity contribution in [2.75, 3.05) is 5.32 Å². The van der Waals surface area contributed by atoms with Crippen molar-refractivity contribution >= 4 is 17.6 Å². The van der Waals surface area contributed by atoms with Crippen molar-refractivity contribution in [1.82, 2.24) is 0 Å². The Morgan fingerprint density at radius 2 is 2.32 bits per heavy atom. The number of hydrogen-bond acceptors (Lipinski definition) is 3. The molecule has 100 valence electrons. The maximum atomic E-state index is 11.5. The topological polar surface area (TPSA) is 75.6 Å². The molecular weight excluding hydrogens is 246 g/mol. The number of nitrogens with one attached hydrogen (secondary N) is 1. The van der Waals surface area contributed by atoms with Crippen LogP contribution in [-0.2, 0) is 16.0 Å². The molecule has 1 aromatic carbocycles. The number of carboxylic acids is 1. The number of anilines is 1. The van der Waals surface area contributed by atoms with Crippen LogP contribution in [0.2, 0.25) is 0 Å². The Labute approximate surface area is 110 Å². The zero-order valence-corrected chi connectivity index (χ0v) is 10.6. The fourth-order valence-corrected chi connectivity index (χ4v) is 1.85. The van der Waals surface area contributed by atoms with E-state index in [1.807, 2.05) is 18.2 Å². The molecule has 5 heteroatoms. The number of ether oxygens (including phenoxy) is 1. The van der Waals surface area contributed by atoms with Gasteiger partial charge in [0.15, 0.2) is 6.10 Å². The number of carbonyl (C=O) groups is 2. The highest BCUT2D eigenvalue weighted by molar-refractivity contribution is 5.97. The van der Waals surface area contributed by atoms with Crippen LogP contribution < -0.4 is 10.1 Å². The van der Waals surface area contributed by atoms with Gasteiger partial charge in [0.2, 0.25) is 0 Å². The number of aliphatic carboxylic acids is 1. The number of carboxylic acid groups (broad SMARTS) is 1. The molecule has 1 amide bonds. The minimum absolute atomic E-state index is 0.157. The molecule has 0 fully saturated rings. The molecule has 1 aromatic rings. The second kappa shape index (κ2) is 5.56. The van der Waals surface area contributed by atoms with E-state index in [0.717, 1.165) is 11.6 Å². The van der Waals surface area contributed by atoms with E-state index in [4.69, 9.17) is 9.84 Å². The number of hydrogen-bond donors (Lipinski definition) is 2. The summed E-state index contributed by atoms with van der Waals surface area (Å²) in [6, 6.07) is 5.59. The van der Waals surface area contributed by atoms with Crippen molar-refractivity contribution in [2.45, 2.75) is 25.9 Å². The Balaban J connectivity index is 2.03. The van der Waals surface area contributed by atoms with Crippen molar-refractivity contribution in [3.8, 4) is 5.75 Å². The minimum atomic E-state index is -0.944. The molecule has 1 atom stereocenters. The third-order valence-corrected chi connectivity index (χ3v) is 2.83. The van der Waals surface area contributed by atoms with Gasteiger partial charge in [0.1, 0.15) is 5.75 Å². The highest BCUT2D eigenvalue weighted by Crippen LogP contribution is 2.30. The molecule has 1 unspecified atom stereocenters. The van der Waals surface area contributed by atoms with Gasteiger partial charge in [-0.3, -0.25) is 4.79 Å². The first-order chi connectivity index (χ1) is 9.06. The van der Waals surface area contributed by atoms with Crippen LogP contribution in [0.4, 0.5) is 5.69 Å². The second-order valence-corrected chi connectivity index (χ2v) is 4.36. The fourth-order valence-electron chi connectivity index (χ4n) is 1.85. The van der Waals surface area contributed by atoms with Gasteiger partial charge in [0, 0.05) is 6.08 Å². The van der Waals surface area contributed by atoms with Crippen LogP contribution >= 0.6 is 0 Å². The Hall–Kier alpha value is -2.30. The van der Waals surface area contributed by atoms with Gasteiger partial charge >= 0.3 is 5.97 Å². The molecule has 2 rings (SSSR count). The summed E-state index contributed by atoms with van der Waals surface area (Å²) >= 11 is 0. The van der Waals surface area contributed by atoms with Gasteiger partial charge in [-0.05, 0) is 37.5 Å². The SMILES string of the molecule is CC1Oc2ccc(CC/C=C/C(=O)O)cc2NC1=O. The molecule has 0 spiro atoms. The Bertz CT molecular complexity index is 536. The molecule has 0 saturated heterocycles. The maximum absolute atomic E-state index is 11.5. The molecule has 0 saturated carbocycles. The van der Waals surface area contributed by atoms with Crippen molar-refractivity contribution in [3.05, 3.63) is 35.9 Å². The molecule has 0 aliphatic carbocycles. The Morgan fingerprint density at radius 1 is 1.53 bits per heavy atom. The van der Waals surface area contributed by atoms with E-state index in [2.05, 4.69) is 5.32 Å². The molecule has 5 nitrogen and oxygen atoms in total. The fraction of sp³-hybridized carbons (Fsp3) is 0.286. The maximum Gasteiger partial charge on any atom is 0.327 e. The number of fused-ring (bicyclic) bond motifs is 1. The van der Waals surface area contributed by atoms with Crippen LogP contribution in [-0.4, -0.2) is 23.1 Å². The van der Waals surface area contributed by atoms with E-state index < -0.39 is 12.1 Å². The monoisotopic (exact) mass is 261 g/mol. The Morgan fingerprint density at radius 3 is 3.05 bits per heavy atom. The molecule has 0 bridgehead atoms. The lowest BCUT2D eigenvalue weighted by molar-refractivity contribution is -0.131. The largest absolute Gasteiger partial charge is 0.479 e. The lowest BCUT2D eigenvalue weighted by Crippen LogP contribution is -2.34. The average Bonchev–Trinajstić information content (AvgIpc) is 2.36. The van der Waals surface area contributed by atoms with Crippen LogP contribution in [0.15, 0.2) is 30.4 Å². The van der Waals surface area contributed by atoms with Gasteiger partial charge in [-0.15, -0.1) is 0 Å². The van der Waals surface area contributed by atoms with Crippen LogP contribution in [0.25, 0.3) is 0 Å². The number of amides is 1. The van der Waals surface area contributed by atoms with Gasteiger partial charge in [-0.2, -0.15) is 0 Å². The first-order valence-corrected chi connectivity index (χ1v) is 6.06. The number of carbonyl (C=O) groups excluding carboxylic acids is 1. The van der Waals surface area contributed by atoms with Gasteiger partial charge in [0.25, 0.3) is 5.91 Å². The molecule has 0 radical (unpaired) electrons. The molecule has 1 aliphatic heterocycles. The van der Waals surface area contributed by atoms with E-state index in [1.54, 1.807) is 13.0 Å². The van der Waals surface area contributed by atoms with Gasteiger partial charge in [-0.25, -0.2) is 4.79 Å². The van der Waals surface area contributed by atoms with Crippen LogP contribution in [0.1, 0.15) is 18.9 Å². The summed E-state index contributed by atoms with van der Waals surface area (Å²) < 4.78 is 5.45. The molecule has 19 heavy (non-hydrogen) atoms. The van der Waals surface area contributed by atoms with E-state index >= 15 is 0 Å². The molecule has 0 aromatic heterocycles. The number of allylic oxidation sites excluding steroid dienone is 1. The molecular formula is C14H15NO4. The van der Waals surface area contributed by atoms with Crippen molar-refractivity contribution in [3.63, 3.8) is 0 Å². The van der Waals surface area contributed by atoms with Crippen molar-refractivity contribution in [1.29, 1.82) is 0 Å². The minimum Gasteiger partial charge on any atom is -0.479 e. The summed E-state index contributed by atoms with van der Waals surface area (Å²) in [5.74, 6) is -0.438. The summed E-state index contributed by atoms with van der Waals surface area (Å²) in [6.07, 6.45) is 3.61. The lowest BCUT2D eigenvalue weighted by atomic mass is 10.1. The van der Waals surface area contributed by atoms with E-state index in [-0.39, 0.29) is 5.91 Å². The quantitative estimate of drug-likeness (QED) is 0.812. The summed E-state index contributed by atoms with van der Waals surface area (Å²) in [5, 5.41) is 11.3. The predicted molar refractivity (Wildman–Crippen MR) is 70.3 cm³/mol. The predicted octanol–water partition coefficient (Wildman–Crippen LogP) is 1.98. The van der Waals surface area contributed by atoms with E-state index in [1.165, 1.54) is 0 Å². The normalized spacial score (nSPS) is 17.7. The molecule has 1 heterocycles. The number of rotatable bonds is 4. The van der Waals surface area contributed by atoms with Gasteiger partial charge in [0.05, 0.1) is 5.69 Å². The molecule has 1 aliphatic rings. The zero-order chi connectivity index (χ0) is 13.8. The summed E-state index contributed by atoms with van der Waals surface area (Å²) in [5.41, 5.74) is 1.69. The second-order valence-electron chi connectivity index (χ2n) is 4.36. The first-order valence-electron chi connectivity index (χ1n) is 6.06. The first kappa shape index (κ1) is 13.1. The standard InChI is InChI=1S/C14H15NO4/c1-9-14(18)15-11-8-10(6-7-12(11)19-9)4-2-3-5-13(16)17/h3,5-9H,2,4H2,1H3,(H,15,18)(H,16,17)/b5-3+. The lowest BCUT2D eigenvalue weighted by Gasteiger charge is -2.23. The smallest absolute Gasteiger partial charge is 0.327 e. The average molecular weight is 261 g/mol. The third-order valence-electron chi connectivity index (χ3n) is 2.83. The van der Waals surface area contributed by atoms with Crippen molar-refractivity contribution in [2.24, 2.45) is 0 Å². The Kier molecular flexibility index (Phi) is 3.85. The van der Waals surface area contributed by atoms with Crippen LogP contribution in [0, 0.1) is 0 Å². The van der Waals surface area contributed by atoms with E-state index in [9.17, 15) is 9.59 Å². The molecule has 2 N–H and O–H groups in total. The van der Waals surface area contributed by atoms with Gasteiger partial charge < -0.3 is 15.2 Å². The summed E-state index contributed by atoms with van der Waals surface area (Å²) in [7, 11) is 0. The van der Waals surface area contributed by atoms with Crippen LogP contribution in [0.3, 0.4) is 0 Å².